The van der Waals surface area contributed by atoms with E-state index in [-0.39, 0.29) is 6.61 Å². The smallest absolute Gasteiger partial charge is 0.0608 e. The first-order chi connectivity index (χ1) is 8.43. The number of nitrogens with two attached hydrogens (primary N) is 1. The van der Waals surface area contributed by atoms with Crippen LogP contribution in [0.5, 0.6) is 0 Å². The van der Waals surface area contributed by atoms with E-state index in [1.165, 1.54) is 0 Å². The fourth-order valence-corrected chi connectivity index (χ4v) is 2.07. The van der Waals surface area contributed by atoms with Crippen molar-refractivity contribution in [2.45, 2.75) is 18.9 Å². The van der Waals surface area contributed by atoms with Crippen LogP contribution in [-0.2, 0) is 0 Å². The van der Waals surface area contributed by atoms with Crippen LogP contribution in [0.15, 0.2) is 0 Å². The lowest BCUT2D eigenvalue weighted by Crippen LogP contribution is -2.50. The second-order valence-corrected chi connectivity index (χ2v) is 6.05. The summed E-state index contributed by atoms with van der Waals surface area (Å²) in [5, 5.41) is 9.13. The van der Waals surface area contributed by atoms with E-state index in [0.29, 0.717) is 0 Å². The molecule has 0 aromatic carbocycles. The summed E-state index contributed by atoms with van der Waals surface area (Å²) in [5.74, 6) is 0. The number of hydrogen-bond acceptors (Lipinski definition) is 5. The predicted molar refractivity (Wildman–Crippen MR) is 75.7 cm³/mol. The lowest BCUT2D eigenvalue weighted by atomic mass is 10.0. The minimum atomic E-state index is -0.429. The monoisotopic (exact) mass is 258 g/mol. The molecule has 1 heterocycles. The fourth-order valence-electron chi connectivity index (χ4n) is 2.07. The molecule has 1 rings (SSSR count). The third kappa shape index (κ3) is 6.11. The van der Waals surface area contributed by atoms with Gasteiger partial charge in [-0.05, 0) is 27.4 Å². The summed E-state index contributed by atoms with van der Waals surface area (Å²) in [6, 6.07) is 0. The molecular weight excluding hydrogens is 228 g/mol. The van der Waals surface area contributed by atoms with Gasteiger partial charge in [0, 0.05) is 51.4 Å². The van der Waals surface area contributed by atoms with Crippen LogP contribution in [0.4, 0.5) is 0 Å². The lowest BCUT2D eigenvalue weighted by Gasteiger charge is -2.36. The van der Waals surface area contributed by atoms with Gasteiger partial charge >= 0.3 is 0 Å². The van der Waals surface area contributed by atoms with Gasteiger partial charge in [-0.3, -0.25) is 4.90 Å². The maximum atomic E-state index is 9.13. The molecule has 5 nitrogen and oxygen atoms in total. The van der Waals surface area contributed by atoms with Crippen LogP contribution in [0.1, 0.15) is 13.3 Å². The summed E-state index contributed by atoms with van der Waals surface area (Å²) in [4.78, 5) is 7.20. The topological polar surface area (TPSA) is 56.0 Å². The van der Waals surface area contributed by atoms with E-state index in [4.69, 9.17) is 10.8 Å². The van der Waals surface area contributed by atoms with Crippen molar-refractivity contribution in [3.05, 3.63) is 0 Å². The molecule has 0 saturated carbocycles. The molecule has 0 radical (unpaired) electrons. The van der Waals surface area contributed by atoms with Crippen molar-refractivity contribution in [1.82, 2.24) is 14.7 Å². The molecule has 1 unspecified atom stereocenters. The zero-order valence-electron chi connectivity index (χ0n) is 12.2. The van der Waals surface area contributed by atoms with Crippen molar-refractivity contribution in [3.63, 3.8) is 0 Å². The van der Waals surface area contributed by atoms with E-state index >= 15 is 0 Å². The number of aliphatic hydroxyl groups excluding tert-OH is 1. The van der Waals surface area contributed by atoms with Gasteiger partial charge in [0.15, 0.2) is 0 Å². The van der Waals surface area contributed by atoms with Crippen LogP contribution >= 0.6 is 0 Å². The molecule has 1 atom stereocenters. The molecule has 0 bridgehead atoms. The molecule has 18 heavy (non-hydrogen) atoms. The van der Waals surface area contributed by atoms with Gasteiger partial charge in [0.1, 0.15) is 0 Å². The van der Waals surface area contributed by atoms with Gasteiger partial charge < -0.3 is 20.6 Å². The first-order valence-corrected chi connectivity index (χ1v) is 6.92. The molecule has 0 aliphatic carbocycles. The van der Waals surface area contributed by atoms with E-state index in [9.17, 15) is 0 Å². The standard InChI is InChI=1S/C13H30N4O/c1-13(14,12-18)4-5-16-8-10-17(11-9-16)7-6-15(2)3/h18H,4-12,14H2,1-3H3. The number of piperazine rings is 1. The third-order valence-corrected chi connectivity index (χ3v) is 3.69. The Hall–Kier alpha value is -0.200. The Bertz CT molecular complexity index is 225. The Kier molecular flexibility index (Phi) is 6.52. The zero-order valence-corrected chi connectivity index (χ0v) is 12.2. The second kappa shape index (κ2) is 7.40. The van der Waals surface area contributed by atoms with Crippen molar-refractivity contribution in [2.75, 3.05) is 66.5 Å². The highest BCUT2D eigenvalue weighted by Crippen LogP contribution is 2.08. The minimum Gasteiger partial charge on any atom is -0.394 e. The largest absolute Gasteiger partial charge is 0.394 e. The van der Waals surface area contributed by atoms with E-state index in [1.807, 2.05) is 6.92 Å². The van der Waals surface area contributed by atoms with E-state index < -0.39 is 5.54 Å². The van der Waals surface area contributed by atoms with Gasteiger partial charge in [-0.1, -0.05) is 0 Å². The highest BCUT2D eigenvalue weighted by molar-refractivity contribution is 4.80. The maximum absolute atomic E-state index is 9.13. The van der Waals surface area contributed by atoms with Gasteiger partial charge in [0.2, 0.25) is 0 Å². The van der Waals surface area contributed by atoms with Crippen molar-refractivity contribution < 1.29 is 5.11 Å². The van der Waals surface area contributed by atoms with E-state index in [2.05, 4.69) is 28.8 Å². The molecule has 3 N–H and O–H groups in total. The Morgan fingerprint density at radius 2 is 1.61 bits per heavy atom. The van der Waals surface area contributed by atoms with Gasteiger partial charge in [-0.15, -0.1) is 0 Å². The minimum absolute atomic E-state index is 0.0653. The molecule has 1 saturated heterocycles. The second-order valence-electron chi connectivity index (χ2n) is 6.05. The SMILES string of the molecule is CN(C)CCN1CCN(CCC(C)(N)CO)CC1. The van der Waals surface area contributed by atoms with E-state index in [0.717, 1.165) is 52.2 Å². The summed E-state index contributed by atoms with van der Waals surface area (Å²) in [7, 11) is 4.24. The zero-order chi connectivity index (χ0) is 13.6. The van der Waals surface area contributed by atoms with Crippen LogP contribution in [-0.4, -0.2) is 91.9 Å². The Balaban J connectivity index is 2.15. The molecule has 0 spiro atoms. The Labute approximate surface area is 112 Å². The summed E-state index contributed by atoms with van der Waals surface area (Å²) in [6.45, 7) is 9.80. The van der Waals surface area contributed by atoms with Crippen LogP contribution < -0.4 is 5.73 Å². The van der Waals surface area contributed by atoms with Crippen molar-refractivity contribution in [2.24, 2.45) is 5.73 Å². The van der Waals surface area contributed by atoms with Gasteiger partial charge in [-0.25, -0.2) is 0 Å². The van der Waals surface area contributed by atoms with Gasteiger partial charge in [0.05, 0.1) is 6.61 Å². The molecule has 0 aromatic rings. The molecule has 0 aromatic heterocycles. The first kappa shape index (κ1) is 15.9. The molecule has 108 valence electrons. The van der Waals surface area contributed by atoms with Crippen LogP contribution in [0, 0.1) is 0 Å². The lowest BCUT2D eigenvalue weighted by molar-refractivity contribution is 0.111. The summed E-state index contributed by atoms with van der Waals surface area (Å²) >= 11 is 0. The van der Waals surface area contributed by atoms with Crippen molar-refractivity contribution in [1.29, 1.82) is 0 Å². The molecular formula is C13H30N4O. The normalized spacial score (nSPS) is 22.3. The highest BCUT2D eigenvalue weighted by Gasteiger charge is 2.21. The molecule has 1 fully saturated rings. The Morgan fingerprint density at radius 3 is 2.06 bits per heavy atom. The van der Waals surface area contributed by atoms with Crippen LogP contribution in [0.2, 0.25) is 0 Å². The number of nitrogens with zero attached hydrogens (tertiary/aromatic N) is 3. The maximum Gasteiger partial charge on any atom is 0.0608 e. The molecule has 1 aliphatic heterocycles. The van der Waals surface area contributed by atoms with Crippen LogP contribution in [0.3, 0.4) is 0 Å². The highest BCUT2D eigenvalue weighted by atomic mass is 16.3. The number of rotatable bonds is 7. The third-order valence-electron chi connectivity index (χ3n) is 3.69. The molecule has 0 amide bonds. The summed E-state index contributed by atoms with van der Waals surface area (Å²) in [6.07, 6.45) is 0.862. The Morgan fingerprint density at radius 1 is 1.11 bits per heavy atom. The number of likely N-dealkylation sites (N-methyl/N-ethyl adjacent to an activating group) is 1. The quantitative estimate of drug-likeness (QED) is 0.630. The average molecular weight is 258 g/mol. The number of aliphatic hydroxyl groups is 1. The summed E-state index contributed by atoms with van der Waals surface area (Å²) in [5.41, 5.74) is 5.52. The molecule has 5 heteroatoms. The summed E-state index contributed by atoms with van der Waals surface area (Å²) < 4.78 is 0. The average Bonchev–Trinajstić information content (AvgIpc) is 2.35. The van der Waals surface area contributed by atoms with Crippen molar-refractivity contribution in [3.8, 4) is 0 Å². The first-order valence-electron chi connectivity index (χ1n) is 6.92. The fraction of sp³-hybridized carbons (Fsp3) is 1.00. The number of hydrogen-bond donors (Lipinski definition) is 2. The predicted octanol–water partition coefficient (Wildman–Crippen LogP) is -0.735. The van der Waals surface area contributed by atoms with Crippen LogP contribution in [0.25, 0.3) is 0 Å². The van der Waals surface area contributed by atoms with E-state index in [1.54, 1.807) is 0 Å². The van der Waals surface area contributed by atoms with Gasteiger partial charge in [0.25, 0.3) is 0 Å². The van der Waals surface area contributed by atoms with Crippen molar-refractivity contribution >= 4 is 0 Å². The van der Waals surface area contributed by atoms with Gasteiger partial charge in [-0.2, -0.15) is 0 Å². The molecule has 1 aliphatic rings.